The first-order valence-corrected chi connectivity index (χ1v) is 15.1. The van der Waals surface area contributed by atoms with Gasteiger partial charge in [0.25, 0.3) is 0 Å². The van der Waals surface area contributed by atoms with Crippen molar-refractivity contribution in [1.82, 2.24) is 24.3 Å². The molecule has 5 aromatic carbocycles. The molecule has 0 amide bonds. The Morgan fingerprint density at radius 2 is 1.02 bits per heavy atom. The fourth-order valence-corrected chi connectivity index (χ4v) is 5.99. The van der Waals surface area contributed by atoms with Gasteiger partial charge in [0.1, 0.15) is 16.8 Å². The summed E-state index contributed by atoms with van der Waals surface area (Å²) in [5, 5.41) is 2.10. The van der Waals surface area contributed by atoms with Crippen LogP contribution >= 0.6 is 0 Å². The van der Waals surface area contributed by atoms with Gasteiger partial charge >= 0.3 is 0 Å². The standard InChI is InChI=1S/C40H25N5O/c1-2-10-26(11-3-1)38-42-39(44-40(43-38)31-19-20-36-33(24-31)32-16-4-5-17-35(32)46-36)30-15-9-13-28(23-30)27-12-8-14-29(22-27)34-25-45-21-7-6-18-37(45)41-34/h1-25H. The Morgan fingerprint density at radius 3 is 1.83 bits per heavy atom. The third kappa shape index (κ3) is 4.60. The maximum atomic E-state index is 6.08. The first kappa shape index (κ1) is 26.0. The quantitative estimate of drug-likeness (QED) is 0.199. The summed E-state index contributed by atoms with van der Waals surface area (Å²) >= 11 is 0. The SMILES string of the molecule is c1ccc(-c2nc(-c3cccc(-c4cccc(-c5cn6ccccc6n5)c4)c3)nc(-c3ccc4oc5ccccc5c4c3)n2)cc1. The summed E-state index contributed by atoms with van der Waals surface area (Å²) in [4.78, 5) is 19.8. The summed E-state index contributed by atoms with van der Waals surface area (Å²) in [7, 11) is 0. The normalized spacial score (nSPS) is 11.5. The minimum Gasteiger partial charge on any atom is -0.456 e. The lowest BCUT2D eigenvalue weighted by atomic mass is 10.00. The number of aromatic nitrogens is 5. The molecule has 0 N–H and O–H groups in total. The van der Waals surface area contributed by atoms with Crippen molar-refractivity contribution >= 4 is 27.6 Å². The van der Waals surface area contributed by atoms with Gasteiger partial charge in [-0.15, -0.1) is 0 Å². The fraction of sp³-hybridized carbons (Fsp3) is 0. The first-order valence-electron chi connectivity index (χ1n) is 15.1. The predicted octanol–water partition coefficient (Wildman–Crippen LogP) is 9.75. The number of benzene rings is 5. The van der Waals surface area contributed by atoms with Crippen LogP contribution in [-0.4, -0.2) is 24.3 Å². The molecule has 9 aromatic rings. The lowest BCUT2D eigenvalue weighted by Crippen LogP contribution is -2.00. The zero-order chi connectivity index (χ0) is 30.5. The molecule has 0 fully saturated rings. The maximum Gasteiger partial charge on any atom is 0.164 e. The molecule has 0 spiro atoms. The second-order valence-corrected chi connectivity index (χ2v) is 11.2. The molecule has 9 rings (SSSR count). The Morgan fingerprint density at radius 1 is 0.413 bits per heavy atom. The van der Waals surface area contributed by atoms with E-state index < -0.39 is 0 Å². The molecule has 4 aromatic heterocycles. The molecule has 4 heterocycles. The molecule has 0 aliphatic carbocycles. The lowest BCUT2D eigenvalue weighted by molar-refractivity contribution is 0.669. The van der Waals surface area contributed by atoms with Crippen molar-refractivity contribution in [2.24, 2.45) is 0 Å². The van der Waals surface area contributed by atoms with E-state index in [1.165, 1.54) is 0 Å². The van der Waals surface area contributed by atoms with Gasteiger partial charge in [0.05, 0.1) is 5.69 Å². The molecule has 216 valence electrons. The van der Waals surface area contributed by atoms with Crippen LogP contribution in [0, 0.1) is 0 Å². The molecule has 0 atom stereocenters. The Balaban J connectivity index is 1.15. The average molecular weight is 592 g/mol. The Labute approximate surface area is 264 Å². The van der Waals surface area contributed by atoms with Crippen molar-refractivity contribution < 1.29 is 4.42 Å². The molecule has 0 aliphatic rings. The smallest absolute Gasteiger partial charge is 0.164 e. The second-order valence-electron chi connectivity index (χ2n) is 11.2. The fourth-order valence-electron chi connectivity index (χ4n) is 5.99. The van der Waals surface area contributed by atoms with E-state index in [1.54, 1.807) is 0 Å². The molecule has 0 saturated carbocycles. The highest BCUT2D eigenvalue weighted by Crippen LogP contribution is 2.34. The van der Waals surface area contributed by atoms with Crippen LogP contribution in [0.4, 0.5) is 0 Å². The minimum atomic E-state index is 0.607. The third-order valence-corrected chi connectivity index (χ3v) is 8.28. The first-order chi connectivity index (χ1) is 22.7. The van der Waals surface area contributed by atoms with Crippen molar-refractivity contribution in [3.63, 3.8) is 0 Å². The van der Waals surface area contributed by atoms with Gasteiger partial charge in [0.2, 0.25) is 0 Å². The number of pyridine rings is 1. The van der Waals surface area contributed by atoms with Gasteiger partial charge in [-0.25, -0.2) is 19.9 Å². The second kappa shape index (κ2) is 10.6. The molecule has 0 bridgehead atoms. The van der Waals surface area contributed by atoms with E-state index in [4.69, 9.17) is 24.4 Å². The number of fused-ring (bicyclic) bond motifs is 4. The number of hydrogen-bond acceptors (Lipinski definition) is 5. The van der Waals surface area contributed by atoms with Crippen molar-refractivity contribution in [1.29, 1.82) is 0 Å². The maximum absolute atomic E-state index is 6.08. The largest absolute Gasteiger partial charge is 0.456 e. The van der Waals surface area contributed by atoms with Gasteiger partial charge < -0.3 is 8.82 Å². The van der Waals surface area contributed by atoms with Gasteiger partial charge in [-0.1, -0.05) is 91.0 Å². The number of rotatable bonds is 5. The van der Waals surface area contributed by atoms with Crippen molar-refractivity contribution in [2.45, 2.75) is 0 Å². The van der Waals surface area contributed by atoms with E-state index in [-0.39, 0.29) is 0 Å². The number of imidazole rings is 1. The monoisotopic (exact) mass is 591 g/mol. The minimum absolute atomic E-state index is 0.607. The highest BCUT2D eigenvalue weighted by molar-refractivity contribution is 6.06. The molecule has 0 radical (unpaired) electrons. The van der Waals surface area contributed by atoms with E-state index in [2.05, 4.69) is 66.9 Å². The molecule has 6 heteroatoms. The van der Waals surface area contributed by atoms with Crippen LogP contribution < -0.4 is 0 Å². The molecule has 0 saturated heterocycles. The Kier molecular flexibility index (Phi) is 6.03. The lowest BCUT2D eigenvalue weighted by Gasteiger charge is -2.10. The van der Waals surface area contributed by atoms with Crippen molar-refractivity contribution in [3.8, 4) is 56.5 Å². The van der Waals surface area contributed by atoms with Crippen molar-refractivity contribution in [3.05, 3.63) is 152 Å². The van der Waals surface area contributed by atoms with E-state index >= 15 is 0 Å². The topological polar surface area (TPSA) is 69.1 Å². The van der Waals surface area contributed by atoms with Crippen LogP contribution in [0.15, 0.2) is 156 Å². The Hall–Kier alpha value is -6.40. The van der Waals surface area contributed by atoms with E-state index in [0.29, 0.717) is 17.5 Å². The predicted molar refractivity (Wildman–Crippen MR) is 183 cm³/mol. The third-order valence-electron chi connectivity index (χ3n) is 8.28. The van der Waals surface area contributed by atoms with Crippen LogP contribution in [0.3, 0.4) is 0 Å². The average Bonchev–Trinajstić information content (AvgIpc) is 3.74. The Bertz CT molecular complexity index is 2520. The highest BCUT2D eigenvalue weighted by Gasteiger charge is 2.15. The summed E-state index contributed by atoms with van der Waals surface area (Å²) in [6.45, 7) is 0. The zero-order valence-corrected chi connectivity index (χ0v) is 24.6. The molecule has 6 nitrogen and oxygen atoms in total. The van der Waals surface area contributed by atoms with Gasteiger partial charge in [-0.05, 0) is 59.7 Å². The highest BCUT2D eigenvalue weighted by atomic mass is 16.3. The number of furan rings is 1. The summed E-state index contributed by atoms with van der Waals surface area (Å²) in [5.41, 5.74) is 9.50. The number of hydrogen-bond donors (Lipinski definition) is 0. The van der Waals surface area contributed by atoms with Gasteiger partial charge in [0.15, 0.2) is 17.5 Å². The zero-order valence-electron chi connectivity index (χ0n) is 24.6. The van der Waals surface area contributed by atoms with Crippen LogP contribution in [0.1, 0.15) is 0 Å². The van der Waals surface area contributed by atoms with Gasteiger partial charge in [-0.2, -0.15) is 0 Å². The van der Waals surface area contributed by atoms with E-state index in [0.717, 1.165) is 66.7 Å². The molecule has 0 unspecified atom stereocenters. The molecular weight excluding hydrogens is 566 g/mol. The summed E-state index contributed by atoms with van der Waals surface area (Å²) < 4.78 is 8.12. The number of para-hydroxylation sites is 1. The van der Waals surface area contributed by atoms with Crippen LogP contribution in [-0.2, 0) is 0 Å². The summed E-state index contributed by atoms with van der Waals surface area (Å²) in [6, 6.07) is 47.1. The van der Waals surface area contributed by atoms with Gasteiger partial charge in [-0.3, -0.25) is 0 Å². The summed E-state index contributed by atoms with van der Waals surface area (Å²) in [5.74, 6) is 1.84. The van der Waals surface area contributed by atoms with E-state index in [1.807, 2.05) is 89.5 Å². The van der Waals surface area contributed by atoms with E-state index in [9.17, 15) is 0 Å². The van der Waals surface area contributed by atoms with Crippen LogP contribution in [0.25, 0.3) is 84.1 Å². The van der Waals surface area contributed by atoms with Crippen LogP contribution in [0.2, 0.25) is 0 Å². The summed E-state index contributed by atoms with van der Waals surface area (Å²) in [6.07, 6.45) is 4.08. The van der Waals surface area contributed by atoms with Gasteiger partial charge in [0, 0.05) is 45.4 Å². The molecule has 0 aliphatic heterocycles. The van der Waals surface area contributed by atoms with Crippen molar-refractivity contribution in [2.75, 3.05) is 0 Å². The number of nitrogens with zero attached hydrogens (tertiary/aromatic N) is 5. The molecule has 46 heavy (non-hydrogen) atoms. The van der Waals surface area contributed by atoms with Crippen LogP contribution in [0.5, 0.6) is 0 Å². The molecular formula is C40H25N5O.